The quantitative estimate of drug-likeness (QED) is 0.805. The predicted octanol–water partition coefficient (Wildman–Crippen LogP) is 3.16. The first-order valence-electron chi connectivity index (χ1n) is 5.06. The Hall–Kier alpha value is -0.590. The number of ether oxygens (including phenoxy) is 1. The molecule has 0 aliphatic heterocycles. The highest BCUT2D eigenvalue weighted by molar-refractivity contribution is 9.11. The van der Waals surface area contributed by atoms with Gasteiger partial charge in [0.1, 0.15) is 6.61 Å². The van der Waals surface area contributed by atoms with Gasteiger partial charge < -0.3 is 15.8 Å². The molecule has 0 aliphatic carbocycles. The lowest BCUT2D eigenvalue weighted by Gasteiger charge is -2.12. The maximum absolute atomic E-state index is 11.6. The van der Waals surface area contributed by atoms with Gasteiger partial charge in [-0.2, -0.15) is 0 Å². The molecule has 1 aromatic rings. The number of nitrogens with one attached hydrogen (secondary N) is 1. The van der Waals surface area contributed by atoms with Gasteiger partial charge in [-0.25, -0.2) is 0 Å². The molecule has 0 bridgehead atoms. The summed E-state index contributed by atoms with van der Waals surface area (Å²) < 4.78 is 6.77. The fourth-order valence-corrected chi connectivity index (χ4v) is 2.50. The van der Waals surface area contributed by atoms with E-state index in [4.69, 9.17) is 10.5 Å². The van der Waals surface area contributed by atoms with Gasteiger partial charge in [-0.3, -0.25) is 4.79 Å². The van der Waals surface area contributed by atoms with Crippen molar-refractivity contribution < 1.29 is 9.53 Å². The largest absolute Gasteiger partial charge is 0.397 e. The third-order valence-electron chi connectivity index (χ3n) is 1.90. The number of benzene rings is 1. The maximum Gasteiger partial charge on any atom is 0.250 e. The van der Waals surface area contributed by atoms with Crippen molar-refractivity contribution in [2.24, 2.45) is 0 Å². The van der Waals surface area contributed by atoms with Gasteiger partial charge in [0.25, 0.3) is 0 Å². The Kier molecular flexibility index (Phi) is 5.42. The van der Waals surface area contributed by atoms with E-state index in [0.29, 0.717) is 11.4 Å². The van der Waals surface area contributed by atoms with Crippen LogP contribution in [-0.4, -0.2) is 18.6 Å². The summed E-state index contributed by atoms with van der Waals surface area (Å²) in [6.07, 6.45) is 0.0199. The Morgan fingerprint density at radius 1 is 1.47 bits per heavy atom. The fourth-order valence-electron chi connectivity index (χ4n) is 1.14. The van der Waals surface area contributed by atoms with Crippen molar-refractivity contribution in [1.82, 2.24) is 0 Å². The predicted molar refractivity (Wildman–Crippen MR) is 76.0 cm³/mol. The van der Waals surface area contributed by atoms with E-state index in [2.05, 4.69) is 37.2 Å². The highest BCUT2D eigenvalue weighted by Crippen LogP contribution is 2.32. The molecule has 6 heteroatoms. The van der Waals surface area contributed by atoms with Gasteiger partial charge in [0.05, 0.1) is 17.5 Å². The number of carbonyl (C=O) groups excluding carboxylic acids is 1. The van der Waals surface area contributed by atoms with Crippen LogP contribution in [0.2, 0.25) is 0 Å². The van der Waals surface area contributed by atoms with E-state index in [0.717, 1.165) is 8.95 Å². The third kappa shape index (κ3) is 4.65. The third-order valence-corrected chi connectivity index (χ3v) is 2.98. The highest BCUT2D eigenvalue weighted by atomic mass is 79.9. The molecule has 0 fully saturated rings. The number of nitrogen functional groups attached to an aromatic ring is 1. The summed E-state index contributed by atoms with van der Waals surface area (Å²) in [5.41, 5.74) is 6.86. The lowest BCUT2D eigenvalue weighted by molar-refractivity contribution is -0.121. The molecule has 0 atom stereocenters. The normalized spacial score (nSPS) is 10.6. The minimum Gasteiger partial charge on any atom is -0.397 e. The van der Waals surface area contributed by atoms with Crippen molar-refractivity contribution in [3.05, 3.63) is 21.1 Å². The second-order valence-corrected chi connectivity index (χ2v) is 5.53. The van der Waals surface area contributed by atoms with Gasteiger partial charge in [0, 0.05) is 8.95 Å². The Bertz CT molecular complexity index is 399. The summed E-state index contributed by atoms with van der Waals surface area (Å²) in [6.45, 7) is 3.76. The van der Waals surface area contributed by atoms with Gasteiger partial charge in [-0.15, -0.1) is 0 Å². The first-order valence-corrected chi connectivity index (χ1v) is 6.64. The molecule has 0 radical (unpaired) electrons. The van der Waals surface area contributed by atoms with Crippen molar-refractivity contribution in [2.75, 3.05) is 17.7 Å². The topological polar surface area (TPSA) is 64.3 Å². The maximum atomic E-state index is 11.6. The molecule has 0 aliphatic rings. The Labute approximate surface area is 117 Å². The molecule has 0 saturated heterocycles. The second-order valence-electron chi connectivity index (χ2n) is 3.76. The van der Waals surface area contributed by atoms with Crippen LogP contribution in [0.3, 0.4) is 0 Å². The molecule has 1 amide bonds. The Morgan fingerprint density at radius 3 is 2.65 bits per heavy atom. The van der Waals surface area contributed by atoms with Crippen molar-refractivity contribution in [2.45, 2.75) is 20.0 Å². The Balaban J connectivity index is 2.72. The van der Waals surface area contributed by atoms with Crippen LogP contribution in [0.25, 0.3) is 0 Å². The lowest BCUT2D eigenvalue weighted by Crippen LogP contribution is -2.21. The van der Waals surface area contributed by atoms with E-state index in [1.807, 2.05) is 19.9 Å². The van der Waals surface area contributed by atoms with Gasteiger partial charge in [0.2, 0.25) is 5.91 Å². The van der Waals surface area contributed by atoms with E-state index < -0.39 is 0 Å². The zero-order chi connectivity index (χ0) is 13.0. The number of amides is 1. The van der Waals surface area contributed by atoms with Crippen molar-refractivity contribution in [3.8, 4) is 0 Å². The summed E-state index contributed by atoms with van der Waals surface area (Å²) in [6, 6.07) is 3.54. The number of anilines is 2. The monoisotopic (exact) mass is 364 g/mol. The molecule has 94 valence electrons. The molecule has 0 aromatic heterocycles. The van der Waals surface area contributed by atoms with Crippen LogP contribution < -0.4 is 11.1 Å². The first kappa shape index (κ1) is 14.5. The molecular weight excluding hydrogens is 352 g/mol. The van der Waals surface area contributed by atoms with Crippen molar-refractivity contribution >= 4 is 49.1 Å². The lowest BCUT2D eigenvalue weighted by atomic mass is 10.2. The van der Waals surface area contributed by atoms with Gasteiger partial charge in [-0.1, -0.05) is 15.9 Å². The number of hydrogen-bond acceptors (Lipinski definition) is 3. The number of nitrogens with two attached hydrogens (primary N) is 1. The van der Waals surface area contributed by atoms with E-state index in [1.165, 1.54) is 0 Å². The average molecular weight is 366 g/mol. The number of rotatable bonds is 4. The summed E-state index contributed by atoms with van der Waals surface area (Å²) in [7, 11) is 0. The van der Waals surface area contributed by atoms with Crippen LogP contribution in [0.4, 0.5) is 11.4 Å². The number of hydrogen-bond donors (Lipinski definition) is 2. The van der Waals surface area contributed by atoms with E-state index in [-0.39, 0.29) is 18.6 Å². The van der Waals surface area contributed by atoms with Crippen LogP contribution >= 0.6 is 31.9 Å². The molecule has 0 spiro atoms. The molecule has 0 heterocycles. The van der Waals surface area contributed by atoms with Gasteiger partial charge >= 0.3 is 0 Å². The van der Waals surface area contributed by atoms with Crippen molar-refractivity contribution in [3.63, 3.8) is 0 Å². The van der Waals surface area contributed by atoms with Crippen LogP contribution in [0, 0.1) is 0 Å². The smallest absolute Gasteiger partial charge is 0.250 e. The fraction of sp³-hybridized carbons (Fsp3) is 0.364. The van der Waals surface area contributed by atoms with E-state index in [9.17, 15) is 4.79 Å². The van der Waals surface area contributed by atoms with Crippen LogP contribution in [0.15, 0.2) is 21.1 Å². The number of carbonyl (C=O) groups is 1. The summed E-state index contributed by atoms with van der Waals surface area (Å²) >= 11 is 6.66. The average Bonchev–Trinajstić information content (AvgIpc) is 2.20. The van der Waals surface area contributed by atoms with Crippen LogP contribution in [0.5, 0.6) is 0 Å². The molecule has 0 unspecified atom stereocenters. The second kappa shape index (κ2) is 6.37. The summed E-state index contributed by atoms with van der Waals surface area (Å²) in [4.78, 5) is 11.6. The SMILES string of the molecule is CC(C)OCC(=O)Nc1c(N)cc(Br)cc1Br. The van der Waals surface area contributed by atoms with Crippen LogP contribution in [0.1, 0.15) is 13.8 Å². The minimum atomic E-state index is -0.228. The van der Waals surface area contributed by atoms with Crippen molar-refractivity contribution in [1.29, 1.82) is 0 Å². The molecule has 0 saturated carbocycles. The van der Waals surface area contributed by atoms with Crippen LogP contribution in [-0.2, 0) is 9.53 Å². The first-order chi connectivity index (χ1) is 7.90. The van der Waals surface area contributed by atoms with E-state index >= 15 is 0 Å². The van der Waals surface area contributed by atoms with E-state index in [1.54, 1.807) is 6.07 Å². The molecule has 1 rings (SSSR count). The van der Waals surface area contributed by atoms with Gasteiger partial charge in [-0.05, 0) is 41.9 Å². The minimum absolute atomic E-state index is 0.0135. The molecule has 1 aromatic carbocycles. The molecule has 3 N–H and O–H groups in total. The molecular formula is C11H14Br2N2O2. The highest BCUT2D eigenvalue weighted by Gasteiger charge is 2.10. The molecule has 4 nitrogen and oxygen atoms in total. The zero-order valence-electron chi connectivity index (χ0n) is 9.59. The van der Waals surface area contributed by atoms with Gasteiger partial charge in [0.15, 0.2) is 0 Å². The zero-order valence-corrected chi connectivity index (χ0v) is 12.8. The summed E-state index contributed by atoms with van der Waals surface area (Å²) in [5.74, 6) is -0.228. The Morgan fingerprint density at radius 2 is 2.12 bits per heavy atom. The standard InChI is InChI=1S/C11H14Br2N2O2/c1-6(2)17-5-10(16)15-11-8(13)3-7(12)4-9(11)14/h3-4,6H,5,14H2,1-2H3,(H,15,16). The number of halogens is 2. The molecule has 17 heavy (non-hydrogen) atoms. The summed E-state index contributed by atoms with van der Waals surface area (Å²) in [5, 5.41) is 2.70.